The predicted octanol–water partition coefficient (Wildman–Crippen LogP) is 5.03. The quantitative estimate of drug-likeness (QED) is 0.538. The highest BCUT2D eigenvalue weighted by Gasteiger charge is 2.32. The zero-order chi connectivity index (χ0) is 22.7. The van der Waals surface area contributed by atoms with E-state index in [-0.39, 0.29) is 11.4 Å². The molecule has 1 saturated carbocycles. The lowest BCUT2D eigenvalue weighted by Crippen LogP contribution is -2.27. The number of ether oxygens (including phenoxy) is 2. The van der Waals surface area contributed by atoms with Crippen LogP contribution in [0.15, 0.2) is 48.7 Å². The van der Waals surface area contributed by atoms with Crippen LogP contribution in [0.1, 0.15) is 68.2 Å². The van der Waals surface area contributed by atoms with Crippen molar-refractivity contribution in [3.05, 3.63) is 65.6 Å². The second kappa shape index (κ2) is 9.02. The van der Waals surface area contributed by atoms with Gasteiger partial charge in [0.15, 0.2) is 0 Å². The Labute approximate surface area is 188 Å². The van der Waals surface area contributed by atoms with E-state index in [4.69, 9.17) is 9.47 Å². The van der Waals surface area contributed by atoms with Crippen molar-refractivity contribution in [1.82, 2.24) is 20.1 Å². The summed E-state index contributed by atoms with van der Waals surface area (Å²) in [5, 5.41) is 7.57. The van der Waals surface area contributed by atoms with E-state index in [1.807, 2.05) is 54.1 Å². The van der Waals surface area contributed by atoms with E-state index in [1.54, 1.807) is 6.20 Å². The highest BCUT2D eigenvalue weighted by Crippen LogP contribution is 2.41. The molecule has 0 aliphatic heterocycles. The Kier molecular flexibility index (Phi) is 6.17. The Morgan fingerprint density at radius 3 is 2.50 bits per heavy atom. The molecule has 2 heterocycles. The van der Waals surface area contributed by atoms with Gasteiger partial charge < -0.3 is 14.8 Å². The van der Waals surface area contributed by atoms with Gasteiger partial charge in [-0.3, -0.25) is 9.48 Å². The molecule has 0 saturated heterocycles. The van der Waals surface area contributed by atoms with Gasteiger partial charge >= 0.3 is 0 Å². The Morgan fingerprint density at radius 2 is 1.84 bits per heavy atom. The molecule has 0 atom stereocenters. The minimum Gasteiger partial charge on any atom is -0.494 e. The number of nitrogens with one attached hydrogen (secondary N) is 1. The Balaban J connectivity index is 1.39. The summed E-state index contributed by atoms with van der Waals surface area (Å²) in [5.74, 6) is 2.27. The first-order chi connectivity index (χ1) is 15.3. The molecule has 1 aromatic carbocycles. The SMILES string of the molecule is CCOc1ccc(Oc2cc(CNC(=O)c3cc(C4CC4)n(C(C)(C)C)n3)ccn2)cc1. The number of hydrogen-bond acceptors (Lipinski definition) is 5. The normalized spacial score (nSPS) is 13.6. The highest BCUT2D eigenvalue weighted by molar-refractivity contribution is 5.92. The van der Waals surface area contributed by atoms with Gasteiger partial charge in [0.1, 0.15) is 17.2 Å². The fraction of sp³-hybridized carbons (Fsp3) is 0.400. The summed E-state index contributed by atoms with van der Waals surface area (Å²) in [5.41, 5.74) is 2.35. The number of carbonyl (C=O) groups excluding carboxylic acids is 1. The number of amides is 1. The van der Waals surface area contributed by atoms with E-state index in [0.29, 0.717) is 36.4 Å². The minimum absolute atomic E-state index is 0.158. The van der Waals surface area contributed by atoms with Gasteiger partial charge in [0, 0.05) is 30.4 Å². The lowest BCUT2D eigenvalue weighted by molar-refractivity contribution is 0.0944. The van der Waals surface area contributed by atoms with Crippen LogP contribution in [-0.2, 0) is 12.1 Å². The van der Waals surface area contributed by atoms with Gasteiger partial charge in [0.2, 0.25) is 5.88 Å². The minimum atomic E-state index is -0.180. The number of aromatic nitrogens is 3. The van der Waals surface area contributed by atoms with Crippen LogP contribution < -0.4 is 14.8 Å². The number of hydrogen-bond donors (Lipinski definition) is 1. The zero-order valence-electron chi connectivity index (χ0n) is 19.1. The van der Waals surface area contributed by atoms with Crippen molar-refractivity contribution in [3.63, 3.8) is 0 Å². The summed E-state index contributed by atoms with van der Waals surface area (Å²) in [7, 11) is 0. The molecule has 0 radical (unpaired) electrons. The molecule has 0 bridgehead atoms. The topological polar surface area (TPSA) is 78.3 Å². The fourth-order valence-corrected chi connectivity index (χ4v) is 3.49. The fourth-order valence-electron chi connectivity index (χ4n) is 3.49. The van der Waals surface area contributed by atoms with E-state index in [2.05, 4.69) is 36.2 Å². The van der Waals surface area contributed by atoms with Gasteiger partial charge in [0.25, 0.3) is 5.91 Å². The van der Waals surface area contributed by atoms with E-state index in [9.17, 15) is 4.79 Å². The number of nitrogens with zero attached hydrogens (tertiary/aromatic N) is 3. The van der Waals surface area contributed by atoms with Crippen LogP contribution in [-0.4, -0.2) is 27.3 Å². The largest absolute Gasteiger partial charge is 0.494 e. The molecule has 1 fully saturated rings. The number of carbonyl (C=O) groups is 1. The van der Waals surface area contributed by atoms with Gasteiger partial charge in [-0.25, -0.2) is 4.98 Å². The summed E-state index contributed by atoms with van der Waals surface area (Å²) in [4.78, 5) is 17.0. The first kappa shape index (κ1) is 21.9. The Bertz CT molecular complexity index is 1080. The lowest BCUT2D eigenvalue weighted by atomic mass is 10.1. The predicted molar refractivity (Wildman–Crippen MR) is 122 cm³/mol. The summed E-state index contributed by atoms with van der Waals surface area (Å²) in [6.45, 7) is 9.25. The van der Waals surface area contributed by atoms with Crippen LogP contribution in [0.5, 0.6) is 17.4 Å². The zero-order valence-corrected chi connectivity index (χ0v) is 19.1. The monoisotopic (exact) mass is 434 g/mol. The van der Waals surface area contributed by atoms with Gasteiger partial charge in [-0.2, -0.15) is 5.10 Å². The third-order valence-electron chi connectivity index (χ3n) is 5.21. The van der Waals surface area contributed by atoms with Crippen molar-refractivity contribution < 1.29 is 14.3 Å². The van der Waals surface area contributed by atoms with E-state index in [0.717, 1.165) is 29.8 Å². The molecular formula is C25H30N4O3. The average Bonchev–Trinajstić information content (AvgIpc) is 3.50. The van der Waals surface area contributed by atoms with Crippen molar-refractivity contribution in [1.29, 1.82) is 0 Å². The van der Waals surface area contributed by atoms with Crippen LogP contribution in [0.2, 0.25) is 0 Å². The molecular weight excluding hydrogens is 404 g/mol. The molecule has 1 aliphatic carbocycles. The van der Waals surface area contributed by atoms with E-state index in [1.165, 1.54) is 0 Å². The molecule has 32 heavy (non-hydrogen) atoms. The van der Waals surface area contributed by atoms with Crippen molar-refractivity contribution >= 4 is 5.91 Å². The Hall–Kier alpha value is -3.35. The summed E-state index contributed by atoms with van der Waals surface area (Å²) < 4.78 is 13.3. The summed E-state index contributed by atoms with van der Waals surface area (Å²) in [6.07, 6.45) is 4.00. The lowest BCUT2D eigenvalue weighted by Gasteiger charge is -2.22. The van der Waals surface area contributed by atoms with Crippen LogP contribution in [0, 0.1) is 0 Å². The molecule has 2 aromatic heterocycles. The van der Waals surface area contributed by atoms with Crippen LogP contribution in [0.4, 0.5) is 0 Å². The summed E-state index contributed by atoms with van der Waals surface area (Å²) in [6, 6.07) is 13.0. The second-order valence-corrected chi connectivity index (χ2v) is 9.00. The van der Waals surface area contributed by atoms with Crippen molar-refractivity contribution in [2.24, 2.45) is 0 Å². The third kappa shape index (κ3) is 5.28. The second-order valence-electron chi connectivity index (χ2n) is 9.00. The van der Waals surface area contributed by atoms with E-state index < -0.39 is 0 Å². The van der Waals surface area contributed by atoms with Gasteiger partial charge in [-0.15, -0.1) is 0 Å². The molecule has 1 aliphatic rings. The van der Waals surface area contributed by atoms with Gasteiger partial charge in [-0.1, -0.05) is 0 Å². The third-order valence-corrected chi connectivity index (χ3v) is 5.21. The highest BCUT2D eigenvalue weighted by atomic mass is 16.5. The summed E-state index contributed by atoms with van der Waals surface area (Å²) >= 11 is 0. The smallest absolute Gasteiger partial charge is 0.272 e. The van der Waals surface area contributed by atoms with Crippen molar-refractivity contribution in [2.75, 3.05) is 6.61 Å². The number of rotatable bonds is 8. The van der Waals surface area contributed by atoms with Crippen molar-refractivity contribution in [3.8, 4) is 17.4 Å². The van der Waals surface area contributed by atoms with Gasteiger partial charge in [-0.05, 0) is 82.5 Å². The number of pyridine rings is 1. The molecule has 7 nitrogen and oxygen atoms in total. The maximum absolute atomic E-state index is 12.8. The molecule has 3 aromatic rings. The molecule has 4 rings (SSSR count). The maximum atomic E-state index is 12.8. The van der Waals surface area contributed by atoms with Crippen LogP contribution in [0.3, 0.4) is 0 Å². The molecule has 7 heteroatoms. The molecule has 0 unspecified atom stereocenters. The molecule has 1 N–H and O–H groups in total. The molecule has 168 valence electrons. The first-order valence-electron chi connectivity index (χ1n) is 11.1. The van der Waals surface area contributed by atoms with Gasteiger partial charge in [0.05, 0.1) is 12.1 Å². The number of benzene rings is 1. The Morgan fingerprint density at radius 1 is 1.12 bits per heavy atom. The average molecular weight is 435 g/mol. The molecule has 1 amide bonds. The molecule has 0 spiro atoms. The van der Waals surface area contributed by atoms with Crippen LogP contribution >= 0.6 is 0 Å². The first-order valence-corrected chi connectivity index (χ1v) is 11.1. The van der Waals surface area contributed by atoms with Crippen LogP contribution in [0.25, 0.3) is 0 Å². The maximum Gasteiger partial charge on any atom is 0.272 e. The standard InChI is InChI=1S/C25H30N4O3/c1-5-31-19-8-10-20(11-9-19)32-23-14-17(12-13-26-23)16-27-24(30)21-15-22(18-6-7-18)29(28-21)25(2,3)4/h8-15,18H,5-7,16H2,1-4H3,(H,27,30). The van der Waals surface area contributed by atoms with E-state index >= 15 is 0 Å². The van der Waals surface area contributed by atoms with Crippen molar-refractivity contribution in [2.45, 2.75) is 58.5 Å².